The molecule has 0 amide bonds. The van der Waals surface area contributed by atoms with Crippen LogP contribution in [0.3, 0.4) is 0 Å². The molecule has 0 bridgehead atoms. The summed E-state index contributed by atoms with van der Waals surface area (Å²) in [5.74, 6) is 1.86. The van der Waals surface area contributed by atoms with Crippen molar-refractivity contribution in [2.45, 2.75) is 20.4 Å². The molecule has 1 heterocycles. The lowest BCUT2D eigenvalue weighted by Crippen LogP contribution is -1.98. The van der Waals surface area contributed by atoms with E-state index in [9.17, 15) is 0 Å². The van der Waals surface area contributed by atoms with Crippen molar-refractivity contribution in [2.75, 3.05) is 0 Å². The first kappa shape index (κ1) is 9.99. The van der Waals surface area contributed by atoms with Crippen LogP contribution < -0.4 is 5.73 Å². The van der Waals surface area contributed by atoms with E-state index in [1.54, 1.807) is 0 Å². The first-order valence-corrected chi connectivity index (χ1v) is 5.08. The molecular formula is C13H15NO. The zero-order valence-corrected chi connectivity index (χ0v) is 9.08. The summed E-state index contributed by atoms with van der Waals surface area (Å²) in [5, 5.41) is 0. The Morgan fingerprint density at radius 2 is 1.80 bits per heavy atom. The Hall–Kier alpha value is -1.54. The predicted molar refractivity (Wildman–Crippen MR) is 61.5 cm³/mol. The largest absolute Gasteiger partial charge is 0.461 e. The topological polar surface area (TPSA) is 39.2 Å². The minimum absolute atomic E-state index is 0.536. The van der Waals surface area contributed by atoms with Crippen LogP contribution in [-0.2, 0) is 6.54 Å². The summed E-state index contributed by atoms with van der Waals surface area (Å²) in [7, 11) is 0. The zero-order chi connectivity index (χ0) is 10.8. The average Bonchev–Trinajstić information content (AvgIpc) is 2.55. The molecule has 0 aliphatic carbocycles. The third-order valence-corrected chi connectivity index (χ3v) is 2.71. The van der Waals surface area contributed by atoms with Crippen LogP contribution in [0.5, 0.6) is 0 Å². The fraction of sp³-hybridized carbons (Fsp3) is 0.231. The van der Waals surface area contributed by atoms with Gasteiger partial charge in [0.2, 0.25) is 0 Å². The highest BCUT2D eigenvalue weighted by Crippen LogP contribution is 2.30. The van der Waals surface area contributed by atoms with E-state index in [2.05, 4.69) is 6.92 Å². The van der Waals surface area contributed by atoms with Gasteiger partial charge in [0.05, 0.1) is 0 Å². The summed E-state index contributed by atoms with van der Waals surface area (Å²) >= 11 is 0. The van der Waals surface area contributed by atoms with Crippen LogP contribution in [0.4, 0.5) is 0 Å². The fourth-order valence-electron chi connectivity index (χ4n) is 1.85. The maximum Gasteiger partial charge on any atom is 0.137 e. The molecule has 0 saturated heterocycles. The van der Waals surface area contributed by atoms with E-state index in [1.165, 1.54) is 0 Å². The van der Waals surface area contributed by atoms with Crippen LogP contribution in [0.1, 0.15) is 16.9 Å². The van der Waals surface area contributed by atoms with E-state index in [1.807, 2.05) is 37.3 Å². The molecule has 0 atom stereocenters. The molecule has 78 valence electrons. The average molecular weight is 201 g/mol. The van der Waals surface area contributed by atoms with Crippen molar-refractivity contribution in [1.29, 1.82) is 0 Å². The molecule has 2 nitrogen and oxygen atoms in total. The number of aryl methyl sites for hydroxylation is 1. The molecule has 0 fully saturated rings. The highest BCUT2D eigenvalue weighted by atomic mass is 16.3. The molecule has 0 aliphatic rings. The Morgan fingerprint density at radius 3 is 2.33 bits per heavy atom. The van der Waals surface area contributed by atoms with Crippen molar-refractivity contribution >= 4 is 0 Å². The van der Waals surface area contributed by atoms with E-state index in [0.29, 0.717) is 6.54 Å². The second kappa shape index (κ2) is 3.91. The minimum atomic E-state index is 0.536. The molecule has 0 aliphatic heterocycles. The number of nitrogens with two attached hydrogens (primary N) is 1. The van der Waals surface area contributed by atoms with Gasteiger partial charge in [-0.15, -0.1) is 0 Å². The maximum atomic E-state index is 5.74. The number of benzene rings is 1. The number of hydrogen-bond acceptors (Lipinski definition) is 2. The van der Waals surface area contributed by atoms with Gasteiger partial charge in [-0.2, -0.15) is 0 Å². The summed E-state index contributed by atoms with van der Waals surface area (Å²) in [4.78, 5) is 0. The van der Waals surface area contributed by atoms with E-state index in [0.717, 1.165) is 28.2 Å². The lowest BCUT2D eigenvalue weighted by atomic mass is 10.1. The molecule has 0 saturated carbocycles. The number of furan rings is 1. The van der Waals surface area contributed by atoms with Gasteiger partial charge >= 0.3 is 0 Å². The third kappa shape index (κ3) is 1.68. The maximum absolute atomic E-state index is 5.74. The van der Waals surface area contributed by atoms with Crippen molar-refractivity contribution in [1.82, 2.24) is 0 Å². The van der Waals surface area contributed by atoms with Gasteiger partial charge in [0.25, 0.3) is 0 Å². The van der Waals surface area contributed by atoms with Crippen molar-refractivity contribution in [2.24, 2.45) is 5.73 Å². The first-order chi connectivity index (χ1) is 7.24. The number of rotatable bonds is 2. The Bertz CT molecular complexity index is 457. The highest BCUT2D eigenvalue weighted by Gasteiger charge is 2.13. The van der Waals surface area contributed by atoms with Crippen LogP contribution in [0.25, 0.3) is 11.3 Å². The summed E-state index contributed by atoms with van der Waals surface area (Å²) in [6.45, 7) is 4.55. The monoisotopic (exact) mass is 201 g/mol. The Labute approximate surface area is 89.7 Å². The second-order valence-electron chi connectivity index (χ2n) is 3.66. The van der Waals surface area contributed by atoms with Gasteiger partial charge in [-0.05, 0) is 13.8 Å². The van der Waals surface area contributed by atoms with E-state index < -0.39 is 0 Å². The summed E-state index contributed by atoms with van der Waals surface area (Å²) in [6.07, 6.45) is 0. The lowest BCUT2D eigenvalue weighted by molar-refractivity contribution is 0.543. The van der Waals surface area contributed by atoms with Crippen LogP contribution in [0, 0.1) is 13.8 Å². The summed E-state index contributed by atoms with van der Waals surface area (Å²) in [6, 6.07) is 10.1. The highest BCUT2D eigenvalue weighted by molar-refractivity contribution is 5.63. The second-order valence-corrected chi connectivity index (χ2v) is 3.66. The summed E-state index contributed by atoms with van der Waals surface area (Å²) in [5.41, 5.74) is 9.07. The molecule has 1 aromatic carbocycles. The molecule has 15 heavy (non-hydrogen) atoms. The molecule has 0 spiro atoms. The summed E-state index contributed by atoms with van der Waals surface area (Å²) < 4.78 is 5.74. The van der Waals surface area contributed by atoms with E-state index in [-0.39, 0.29) is 0 Å². The first-order valence-electron chi connectivity index (χ1n) is 5.08. The van der Waals surface area contributed by atoms with Crippen LogP contribution >= 0.6 is 0 Å². The molecule has 0 unspecified atom stereocenters. The molecule has 2 rings (SSSR count). The molecule has 2 N–H and O–H groups in total. The smallest absolute Gasteiger partial charge is 0.137 e. The minimum Gasteiger partial charge on any atom is -0.461 e. The van der Waals surface area contributed by atoms with E-state index in [4.69, 9.17) is 10.2 Å². The fourth-order valence-corrected chi connectivity index (χ4v) is 1.85. The van der Waals surface area contributed by atoms with Crippen LogP contribution in [0.15, 0.2) is 34.7 Å². The van der Waals surface area contributed by atoms with Crippen molar-refractivity contribution < 1.29 is 4.42 Å². The van der Waals surface area contributed by atoms with Crippen LogP contribution in [-0.4, -0.2) is 0 Å². The SMILES string of the molecule is Cc1oc(-c2ccccc2)c(C)c1CN. The molecule has 1 aromatic heterocycles. The van der Waals surface area contributed by atoms with Gasteiger partial charge in [-0.3, -0.25) is 0 Å². The van der Waals surface area contributed by atoms with E-state index >= 15 is 0 Å². The lowest BCUT2D eigenvalue weighted by Gasteiger charge is -1.98. The zero-order valence-electron chi connectivity index (χ0n) is 9.08. The van der Waals surface area contributed by atoms with Gasteiger partial charge in [0.15, 0.2) is 0 Å². The van der Waals surface area contributed by atoms with Crippen LogP contribution in [0.2, 0.25) is 0 Å². The molecule has 2 heteroatoms. The van der Waals surface area contributed by atoms with Gasteiger partial charge < -0.3 is 10.2 Å². The van der Waals surface area contributed by atoms with Gasteiger partial charge in [-0.25, -0.2) is 0 Å². The van der Waals surface area contributed by atoms with Gasteiger partial charge in [0, 0.05) is 23.2 Å². The van der Waals surface area contributed by atoms with Crippen molar-refractivity contribution in [3.8, 4) is 11.3 Å². The Kier molecular flexibility index (Phi) is 2.60. The normalized spacial score (nSPS) is 10.6. The standard InChI is InChI=1S/C13H15NO/c1-9-12(8-14)10(2)15-13(9)11-6-4-3-5-7-11/h3-7H,8,14H2,1-2H3. The van der Waals surface area contributed by atoms with Crippen molar-refractivity contribution in [3.05, 3.63) is 47.2 Å². The van der Waals surface area contributed by atoms with Crippen molar-refractivity contribution in [3.63, 3.8) is 0 Å². The Balaban J connectivity index is 2.55. The quantitative estimate of drug-likeness (QED) is 0.811. The third-order valence-electron chi connectivity index (χ3n) is 2.71. The molecule has 0 radical (unpaired) electrons. The van der Waals surface area contributed by atoms with Gasteiger partial charge in [-0.1, -0.05) is 30.3 Å². The predicted octanol–water partition coefficient (Wildman–Crippen LogP) is 3.02. The van der Waals surface area contributed by atoms with Gasteiger partial charge in [0.1, 0.15) is 11.5 Å². The number of hydrogen-bond donors (Lipinski definition) is 1. The molecular weight excluding hydrogens is 186 g/mol. The Morgan fingerprint density at radius 1 is 1.13 bits per heavy atom. The molecule has 2 aromatic rings.